The summed E-state index contributed by atoms with van der Waals surface area (Å²) >= 11 is 8.17. The van der Waals surface area contributed by atoms with E-state index >= 15 is 0 Å². The summed E-state index contributed by atoms with van der Waals surface area (Å²) in [5.74, 6) is 1.49. The Hall–Kier alpha value is -0.740. The van der Waals surface area contributed by atoms with E-state index in [0.717, 1.165) is 11.3 Å². The average molecular weight is 373 g/mol. The summed E-state index contributed by atoms with van der Waals surface area (Å²) in [7, 11) is 1.70. The fraction of sp³-hybridized carbons (Fsp3) is 0.200. The summed E-state index contributed by atoms with van der Waals surface area (Å²) in [6.07, 6.45) is 0. The molecule has 1 nitrogen and oxygen atoms in total. The van der Waals surface area contributed by atoms with Crippen LogP contribution in [0.2, 0.25) is 0 Å². The van der Waals surface area contributed by atoms with Gasteiger partial charge in [-0.1, -0.05) is 24.3 Å². The quantitative estimate of drug-likeness (QED) is 0.543. The summed E-state index contributed by atoms with van der Waals surface area (Å²) in [6, 6.07) is 12.5. The standard InChI is InChI=1S/C15H14ClIO/c1-10-14(18-2)8-7-13(15(10)17)12-5-3-11(9-16)4-6-12/h3-8H,9H2,1-2H3. The summed E-state index contributed by atoms with van der Waals surface area (Å²) in [5.41, 5.74) is 4.76. The first-order chi connectivity index (χ1) is 8.67. The molecule has 2 aromatic carbocycles. The third-order valence-electron chi connectivity index (χ3n) is 2.98. The zero-order chi connectivity index (χ0) is 13.1. The lowest BCUT2D eigenvalue weighted by molar-refractivity contribution is 0.411. The summed E-state index contributed by atoms with van der Waals surface area (Å²) in [5, 5.41) is 0. The van der Waals surface area contributed by atoms with Gasteiger partial charge in [-0.3, -0.25) is 0 Å². The van der Waals surface area contributed by atoms with Gasteiger partial charge in [0, 0.05) is 15.0 Å². The second kappa shape index (κ2) is 5.93. The Morgan fingerprint density at radius 2 is 1.78 bits per heavy atom. The van der Waals surface area contributed by atoms with Gasteiger partial charge < -0.3 is 4.74 Å². The molecule has 0 bridgehead atoms. The van der Waals surface area contributed by atoms with Crippen molar-refractivity contribution in [1.82, 2.24) is 0 Å². The molecule has 0 aliphatic rings. The van der Waals surface area contributed by atoms with Gasteiger partial charge in [0.15, 0.2) is 0 Å². The maximum absolute atomic E-state index is 5.80. The molecule has 2 rings (SSSR count). The molecule has 18 heavy (non-hydrogen) atoms. The monoisotopic (exact) mass is 372 g/mol. The lowest BCUT2D eigenvalue weighted by atomic mass is 10.0. The molecule has 0 heterocycles. The number of methoxy groups -OCH3 is 1. The van der Waals surface area contributed by atoms with E-state index in [1.165, 1.54) is 20.3 Å². The molecule has 0 unspecified atom stereocenters. The molecule has 0 atom stereocenters. The maximum Gasteiger partial charge on any atom is 0.122 e. The van der Waals surface area contributed by atoms with Crippen molar-refractivity contribution in [3.05, 3.63) is 51.1 Å². The molecule has 0 aliphatic carbocycles. The number of hydrogen-bond donors (Lipinski definition) is 0. The summed E-state index contributed by atoms with van der Waals surface area (Å²) in [4.78, 5) is 0. The molecule has 0 amide bonds. The lowest BCUT2D eigenvalue weighted by Gasteiger charge is -2.11. The predicted molar refractivity (Wildman–Crippen MR) is 85.4 cm³/mol. The van der Waals surface area contributed by atoms with Crippen LogP contribution in [0.3, 0.4) is 0 Å². The fourth-order valence-electron chi connectivity index (χ4n) is 1.88. The molecule has 0 saturated carbocycles. The zero-order valence-electron chi connectivity index (χ0n) is 10.3. The summed E-state index contributed by atoms with van der Waals surface area (Å²) < 4.78 is 6.56. The first-order valence-electron chi connectivity index (χ1n) is 5.65. The van der Waals surface area contributed by atoms with Crippen molar-refractivity contribution in [2.75, 3.05) is 7.11 Å². The minimum atomic E-state index is 0.555. The largest absolute Gasteiger partial charge is 0.496 e. The zero-order valence-corrected chi connectivity index (χ0v) is 13.2. The number of ether oxygens (including phenoxy) is 1. The third-order valence-corrected chi connectivity index (χ3v) is 4.67. The van der Waals surface area contributed by atoms with Gasteiger partial charge in [-0.2, -0.15) is 0 Å². The smallest absolute Gasteiger partial charge is 0.122 e. The highest BCUT2D eigenvalue weighted by atomic mass is 127. The van der Waals surface area contributed by atoms with E-state index in [9.17, 15) is 0 Å². The first kappa shape index (κ1) is 13.7. The van der Waals surface area contributed by atoms with Crippen LogP contribution in [0.4, 0.5) is 0 Å². The lowest BCUT2D eigenvalue weighted by Crippen LogP contribution is -1.93. The SMILES string of the molecule is COc1ccc(-c2ccc(CCl)cc2)c(I)c1C. The number of alkyl halides is 1. The second-order valence-electron chi connectivity index (χ2n) is 4.08. The Balaban J connectivity index is 2.47. The van der Waals surface area contributed by atoms with Crippen molar-refractivity contribution in [3.63, 3.8) is 0 Å². The highest BCUT2D eigenvalue weighted by Gasteiger charge is 2.09. The molecule has 0 spiro atoms. The van der Waals surface area contributed by atoms with Crippen molar-refractivity contribution in [3.8, 4) is 16.9 Å². The Labute approximate surface area is 126 Å². The van der Waals surface area contributed by atoms with Crippen molar-refractivity contribution in [2.45, 2.75) is 12.8 Å². The van der Waals surface area contributed by atoms with Crippen LogP contribution in [0, 0.1) is 10.5 Å². The van der Waals surface area contributed by atoms with Crippen LogP contribution in [-0.2, 0) is 5.88 Å². The third kappa shape index (κ3) is 2.64. The van der Waals surface area contributed by atoms with Crippen LogP contribution in [0.15, 0.2) is 36.4 Å². The Morgan fingerprint density at radius 3 is 2.33 bits per heavy atom. The van der Waals surface area contributed by atoms with E-state index in [1.54, 1.807) is 7.11 Å². The van der Waals surface area contributed by atoms with Crippen LogP contribution in [0.25, 0.3) is 11.1 Å². The number of rotatable bonds is 3. The highest BCUT2D eigenvalue weighted by Crippen LogP contribution is 2.32. The van der Waals surface area contributed by atoms with Gasteiger partial charge in [0.1, 0.15) is 5.75 Å². The molecule has 2 aromatic rings. The second-order valence-corrected chi connectivity index (χ2v) is 5.43. The maximum atomic E-state index is 5.80. The Kier molecular flexibility index (Phi) is 4.51. The number of hydrogen-bond acceptors (Lipinski definition) is 1. The Bertz CT molecular complexity index is 549. The topological polar surface area (TPSA) is 9.23 Å². The number of benzene rings is 2. The van der Waals surface area contributed by atoms with Crippen molar-refractivity contribution >= 4 is 34.2 Å². The molecule has 0 fully saturated rings. The minimum Gasteiger partial charge on any atom is -0.496 e. The van der Waals surface area contributed by atoms with E-state index in [0.29, 0.717) is 5.88 Å². The predicted octanol–water partition coefficient (Wildman–Crippen LogP) is 5.01. The van der Waals surface area contributed by atoms with E-state index in [-0.39, 0.29) is 0 Å². The van der Waals surface area contributed by atoms with Crippen molar-refractivity contribution in [2.24, 2.45) is 0 Å². The molecule has 3 heteroatoms. The average Bonchev–Trinajstić information content (AvgIpc) is 2.42. The number of halogens is 2. The minimum absolute atomic E-state index is 0.555. The van der Waals surface area contributed by atoms with E-state index in [1.807, 2.05) is 6.07 Å². The molecular weight excluding hydrogens is 359 g/mol. The van der Waals surface area contributed by atoms with Crippen LogP contribution in [0.1, 0.15) is 11.1 Å². The Morgan fingerprint density at radius 1 is 1.11 bits per heavy atom. The van der Waals surface area contributed by atoms with Crippen LogP contribution in [-0.4, -0.2) is 7.11 Å². The van der Waals surface area contributed by atoms with E-state index in [2.05, 4.69) is 59.8 Å². The normalized spacial score (nSPS) is 10.4. The van der Waals surface area contributed by atoms with Crippen LogP contribution in [0.5, 0.6) is 5.75 Å². The van der Waals surface area contributed by atoms with Crippen molar-refractivity contribution < 1.29 is 4.74 Å². The molecule has 0 aliphatic heterocycles. The van der Waals surface area contributed by atoms with Crippen molar-refractivity contribution in [1.29, 1.82) is 0 Å². The van der Waals surface area contributed by atoms with Gasteiger partial charge in [-0.15, -0.1) is 11.6 Å². The van der Waals surface area contributed by atoms with Gasteiger partial charge >= 0.3 is 0 Å². The van der Waals surface area contributed by atoms with Gasteiger partial charge in [-0.25, -0.2) is 0 Å². The van der Waals surface area contributed by atoms with Gasteiger partial charge in [0.2, 0.25) is 0 Å². The molecular formula is C15H14ClIO. The molecule has 0 aromatic heterocycles. The van der Waals surface area contributed by atoms with Crippen LogP contribution >= 0.6 is 34.2 Å². The molecule has 0 radical (unpaired) electrons. The van der Waals surface area contributed by atoms with Crippen LogP contribution < -0.4 is 4.74 Å². The van der Waals surface area contributed by atoms with E-state index in [4.69, 9.17) is 16.3 Å². The first-order valence-corrected chi connectivity index (χ1v) is 7.27. The molecule has 0 saturated heterocycles. The van der Waals surface area contributed by atoms with Gasteiger partial charge in [-0.05, 0) is 58.3 Å². The summed E-state index contributed by atoms with van der Waals surface area (Å²) in [6.45, 7) is 2.08. The van der Waals surface area contributed by atoms with Gasteiger partial charge in [0.25, 0.3) is 0 Å². The highest BCUT2D eigenvalue weighted by molar-refractivity contribution is 14.1. The van der Waals surface area contributed by atoms with E-state index < -0.39 is 0 Å². The molecule has 0 N–H and O–H groups in total. The fourth-order valence-corrected chi connectivity index (χ4v) is 2.82. The molecule has 94 valence electrons. The van der Waals surface area contributed by atoms with Gasteiger partial charge in [0.05, 0.1) is 7.11 Å².